The summed E-state index contributed by atoms with van der Waals surface area (Å²) in [6.45, 7) is 3.35. The van der Waals surface area contributed by atoms with Gasteiger partial charge in [0.15, 0.2) is 6.04 Å². The standard InChI is InChI=1S/C20H21ClF3N3O/c1-26-9-11-27(12-10-26)18(14-5-3-2-4-6-14)19(28)25-17-8-7-15(21)13-16(17)20(22,23)24/h2-8,13,18H,9-12H2,1H3,(H,25,28)/p+2/t18-/m0/s1. The molecular weight excluding hydrogens is 391 g/mol. The largest absolute Gasteiger partial charge is 0.418 e. The summed E-state index contributed by atoms with van der Waals surface area (Å²) in [5, 5.41) is 2.48. The maximum Gasteiger partial charge on any atom is 0.418 e. The number of anilines is 1. The molecule has 1 atom stereocenters. The maximum absolute atomic E-state index is 13.4. The minimum atomic E-state index is -4.61. The Labute approximate surface area is 166 Å². The molecule has 0 aromatic heterocycles. The normalized spacial score (nSPS) is 21.2. The van der Waals surface area contributed by atoms with Gasteiger partial charge in [-0.2, -0.15) is 13.2 Å². The van der Waals surface area contributed by atoms with E-state index in [4.69, 9.17) is 11.6 Å². The molecule has 2 aromatic rings. The zero-order valence-electron chi connectivity index (χ0n) is 15.4. The monoisotopic (exact) mass is 413 g/mol. The first-order valence-corrected chi connectivity index (χ1v) is 9.52. The first kappa shape index (κ1) is 20.6. The van der Waals surface area contributed by atoms with E-state index >= 15 is 0 Å². The van der Waals surface area contributed by atoms with Crippen LogP contribution in [0.3, 0.4) is 0 Å². The van der Waals surface area contributed by atoms with Crippen molar-refractivity contribution in [3.8, 4) is 0 Å². The van der Waals surface area contributed by atoms with Crippen LogP contribution in [-0.2, 0) is 11.0 Å². The number of hydrogen-bond donors (Lipinski definition) is 3. The molecule has 28 heavy (non-hydrogen) atoms. The highest BCUT2D eigenvalue weighted by Gasteiger charge is 2.38. The fourth-order valence-corrected chi connectivity index (χ4v) is 3.74. The van der Waals surface area contributed by atoms with Crippen molar-refractivity contribution in [2.45, 2.75) is 12.2 Å². The van der Waals surface area contributed by atoms with Crippen LogP contribution in [-0.4, -0.2) is 39.1 Å². The van der Waals surface area contributed by atoms with Gasteiger partial charge in [0.25, 0.3) is 5.91 Å². The van der Waals surface area contributed by atoms with Crippen molar-refractivity contribution in [2.24, 2.45) is 0 Å². The summed E-state index contributed by atoms with van der Waals surface area (Å²) in [5.74, 6) is -0.450. The minimum absolute atomic E-state index is 0.0300. The van der Waals surface area contributed by atoms with E-state index in [0.29, 0.717) is 0 Å². The van der Waals surface area contributed by atoms with Crippen molar-refractivity contribution < 1.29 is 27.8 Å². The van der Waals surface area contributed by atoms with Crippen LogP contribution >= 0.6 is 11.6 Å². The molecule has 0 saturated carbocycles. The van der Waals surface area contributed by atoms with E-state index in [1.165, 1.54) is 17.0 Å². The summed E-state index contributed by atoms with van der Waals surface area (Å²) in [4.78, 5) is 15.6. The SMILES string of the molecule is C[NH+]1CC[NH+]([C@H](C(=O)Nc2ccc(Cl)cc2C(F)(F)F)c2ccccc2)CC1. The lowest BCUT2D eigenvalue weighted by atomic mass is 10.0. The predicted octanol–water partition coefficient (Wildman–Crippen LogP) is 1.45. The predicted molar refractivity (Wildman–Crippen MR) is 102 cm³/mol. The lowest BCUT2D eigenvalue weighted by molar-refractivity contribution is -1.01. The number of rotatable bonds is 4. The van der Waals surface area contributed by atoms with Gasteiger partial charge in [0.05, 0.1) is 18.3 Å². The Balaban J connectivity index is 1.91. The van der Waals surface area contributed by atoms with Crippen LogP contribution in [0, 0.1) is 0 Å². The maximum atomic E-state index is 13.4. The molecule has 1 aliphatic heterocycles. The van der Waals surface area contributed by atoms with Gasteiger partial charge in [-0.15, -0.1) is 0 Å². The zero-order valence-corrected chi connectivity index (χ0v) is 16.2. The molecule has 1 heterocycles. The topological polar surface area (TPSA) is 38.0 Å². The molecule has 3 N–H and O–H groups in total. The van der Waals surface area contributed by atoms with Crippen LogP contribution in [0.4, 0.5) is 18.9 Å². The van der Waals surface area contributed by atoms with Gasteiger partial charge in [-0.1, -0.05) is 41.9 Å². The molecule has 2 aromatic carbocycles. The fraction of sp³-hybridized carbons (Fsp3) is 0.350. The van der Waals surface area contributed by atoms with E-state index in [1.807, 2.05) is 30.3 Å². The molecule has 0 radical (unpaired) electrons. The zero-order chi connectivity index (χ0) is 20.3. The van der Waals surface area contributed by atoms with E-state index in [-0.39, 0.29) is 10.7 Å². The quantitative estimate of drug-likeness (QED) is 0.697. The van der Waals surface area contributed by atoms with Crippen LogP contribution in [0.15, 0.2) is 48.5 Å². The Hall–Kier alpha value is -2.09. The Morgan fingerprint density at radius 2 is 1.71 bits per heavy atom. The van der Waals surface area contributed by atoms with Crippen LogP contribution in [0.1, 0.15) is 17.2 Å². The van der Waals surface area contributed by atoms with Gasteiger partial charge in [0.1, 0.15) is 26.2 Å². The molecule has 150 valence electrons. The van der Waals surface area contributed by atoms with E-state index in [0.717, 1.165) is 42.7 Å². The number of likely N-dealkylation sites (N-methyl/N-ethyl adjacent to an activating group) is 1. The van der Waals surface area contributed by atoms with Gasteiger partial charge in [-0.25, -0.2) is 0 Å². The van der Waals surface area contributed by atoms with Crippen LogP contribution in [0.5, 0.6) is 0 Å². The van der Waals surface area contributed by atoms with Gasteiger partial charge in [-0.3, -0.25) is 4.79 Å². The minimum Gasteiger partial charge on any atom is -0.328 e. The molecule has 0 aliphatic carbocycles. The number of quaternary nitrogens is 2. The molecule has 0 bridgehead atoms. The Morgan fingerprint density at radius 1 is 1.07 bits per heavy atom. The third-order valence-electron chi connectivity index (χ3n) is 5.09. The molecule has 1 amide bonds. The number of hydrogen-bond acceptors (Lipinski definition) is 1. The van der Waals surface area contributed by atoms with E-state index < -0.39 is 23.7 Å². The first-order valence-electron chi connectivity index (χ1n) is 9.14. The molecule has 0 unspecified atom stereocenters. The average Bonchev–Trinajstić information content (AvgIpc) is 2.65. The van der Waals surface area contributed by atoms with Crippen molar-refractivity contribution in [3.63, 3.8) is 0 Å². The second kappa shape index (κ2) is 8.51. The second-order valence-corrected chi connectivity index (χ2v) is 7.57. The summed E-state index contributed by atoms with van der Waals surface area (Å²) < 4.78 is 40.1. The van der Waals surface area contributed by atoms with E-state index in [2.05, 4.69) is 12.4 Å². The number of halogens is 4. The van der Waals surface area contributed by atoms with Crippen LogP contribution in [0.2, 0.25) is 5.02 Å². The van der Waals surface area contributed by atoms with Crippen molar-refractivity contribution in [1.29, 1.82) is 0 Å². The summed E-state index contributed by atoms with van der Waals surface area (Å²) in [5.41, 5.74) is -0.433. The highest BCUT2D eigenvalue weighted by molar-refractivity contribution is 6.30. The Kier molecular flexibility index (Phi) is 6.27. The molecule has 1 saturated heterocycles. The van der Waals surface area contributed by atoms with Crippen molar-refractivity contribution in [1.82, 2.24) is 0 Å². The van der Waals surface area contributed by atoms with Gasteiger partial charge in [-0.05, 0) is 18.2 Å². The van der Waals surface area contributed by atoms with Crippen molar-refractivity contribution in [2.75, 3.05) is 38.5 Å². The first-order chi connectivity index (χ1) is 13.3. The van der Waals surface area contributed by atoms with Gasteiger partial charge < -0.3 is 15.1 Å². The number of alkyl halides is 3. The lowest BCUT2D eigenvalue weighted by Crippen LogP contribution is -3.27. The number of amides is 1. The van der Waals surface area contributed by atoms with Gasteiger partial charge in [0.2, 0.25) is 0 Å². The lowest BCUT2D eigenvalue weighted by Gasteiger charge is -2.33. The molecule has 3 rings (SSSR count). The number of carbonyl (C=O) groups is 1. The van der Waals surface area contributed by atoms with Gasteiger partial charge >= 0.3 is 6.18 Å². The molecule has 1 fully saturated rings. The molecule has 1 aliphatic rings. The highest BCUT2D eigenvalue weighted by Crippen LogP contribution is 2.36. The smallest absolute Gasteiger partial charge is 0.328 e. The molecule has 8 heteroatoms. The van der Waals surface area contributed by atoms with Crippen LogP contribution in [0.25, 0.3) is 0 Å². The number of piperazine rings is 1. The molecule has 4 nitrogen and oxygen atoms in total. The number of carbonyl (C=O) groups excluding carboxylic acids is 1. The average molecular weight is 414 g/mol. The molecule has 0 spiro atoms. The van der Waals surface area contributed by atoms with Crippen molar-refractivity contribution >= 4 is 23.2 Å². The summed E-state index contributed by atoms with van der Waals surface area (Å²) in [6.07, 6.45) is -4.61. The van der Waals surface area contributed by atoms with Crippen molar-refractivity contribution in [3.05, 3.63) is 64.7 Å². The fourth-order valence-electron chi connectivity index (χ4n) is 3.57. The third-order valence-corrected chi connectivity index (χ3v) is 5.33. The van der Waals surface area contributed by atoms with Gasteiger partial charge in [0, 0.05) is 10.6 Å². The number of nitrogens with one attached hydrogen (secondary N) is 3. The Bertz CT molecular complexity index is 821. The Morgan fingerprint density at radius 3 is 2.32 bits per heavy atom. The summed E-state index contributed by atoms with van der Waals surface area (Å²) in [7, 11) is 2.09. The highest BCUT2D eigenvalue weighted by atomic mass is 35.5. The summed E-state index contributed by atoms with van der Waals surface area (Å²) in [6, 6.07) is 12.0. The molecular formula is C20H23ClF3N3O+2. The summed E-state index contributed by atoms with van der Waals surface area (Å²) >= 11 is 5.73. The van der Waals surface area contributed by atoms with E-state index in [1.54, 1.807) is 0 Å². The van der Waals surface area contributed by atoms with E-state index in [9.17, 15) is 18.0 Å². The number of benzene rings is 2. The second-order valence-electron chi connectivity index (χ2n) is 7.14. The van der Waals surface area contributed by atoms with Crippen LogP contribution < -0.4 is 15.1 Å². The third kappa shape index (κ3) is 4.84.